The molecule has 0 amide bonds. The molecule has 0 saturated heterocycles. The first-order valence-corrected chi connectivity index (χ1v) is 12.6. The lowest BCUT2D eigenvalue weighted by Gasteiger charge is -2.13. The number of hydrogen-bond donors (Lipinski definition) is 1. The topological polar surface area (TPSA) is 38.7 Å². The Labute approximate surface area is 217 Å². The normalized spacial score (nSPS) is 11.2. The first kappa shape index (κ1) is 26.5. The van der Waals surface area contributed by atoms with E-state index in [4.69, 9.17) is 9.47 Å². The second-order valence-corrected chi connectivity index (χ2v) is 9.50. The predicted octanol–water partition coefficient (Wildman–Crippen LogP) is 7.83. The summed E-state index contributed by atoms with van der Waals surface area (Å²) >= 11 is 3.50. The van der Waals surface area contributed by atoms with Crippen LogP contribution in [0, 0.1) is 13.8 Å². The van der Waals surface area contributed by atoms with E-state index in [1.807, 2.05) is 79.7 Å². The molecule has 3 nitrogen and oxygen atoms in total. The molecule has 0 spiro atoms. The summed E-state index contributed by atoms with van der Waals surface area (Å²) < 4.78 is 12.6. The third-order valence-corrected chi connectivity index (χ3v) is 5.91. The van der Waals surface area contributed by atoms with Gasteiger partial charge < -0.3 is 14.6 Å². The molecule has 0 aliphatic carbocycles. The highest BCUT2D eigenvalue weighted by molar-refractivity contribution is 9.10. The van der Waals surface area contributed by atoms with Crippen LogP contribution < -0.4 is 9.47 Å². The highest BCUT2D eigenvalue weighted by Gasteiger charge is 2.07. The fourth-order valence-corrected chi connectivity index (χ4v) is 4.13. The number of hydrogen-bond acceptors (Lipinski definition) is 3. The van der Waals surface area contributed by atoms with Crippen LogP contribution in [0.15, 0.2) is 102 Å². The average molecular weight is 534 g/mol. The molecule has 0 bridgehead atoms. The van der Waals surface area contributed by atoms with Gasteiger partial charge in [0.1, 0.15) is 24.7 Å². The van der Waals surface area contributed by atoms with Gasteiger partial charge in [0.15, 0.2) is 0 Å². The maximum Gasteiger partial charge on any atom is 0.134 e. The van der Waals surface area contributed by atoms with Crippen molar-refractivity contribution in [2.24, 2.45) is 0 Å². The third kappa shape index (κ3) is 9.23. The Hall–Kier alpha value is -3.08. The van der Waals surface area contributed by atoms with E-state index in [0.717, 1.165) is 27.1 Å². The highest BCUT2D eigenvalue weighted by atomic mass is 79.9. The van der Waals surface area contributed by atoms with Gasteiger partial charge in [-0.3, -0.25) is 0 Å². The van der Waals surface area contributed by atoms with Crippen LogP contribution in [-0.4, -0.2) is 11.2 Å². The van der Waals surface area contributed by atoms with Crippen LogP contribution >= 0.6 is 15.9 Å². The third-order valence-electron chi connectivity index (χ3n) is 5.29. The smallest absolute Gasteiger partial charge is 0.134 e. The molecular formula is C31H33BrO3. The summed E-state index contributed by atoms with van der Waals surface area (Å²) in [6.45, 7) is 7.06. The molecule has 4 aromatic carbocycles. The van der Waals surface area contributed by atoms with Gasteiger partial charge in [-0.1, -0.05) is 84.4 Å². The van der Waals surface area contributed by atoms with E-state index in [1.54, 1.807) is 6.92 Å². The van der Waals surface area contributed by atoms with Crippen molar-refractivity contribution in [2.45, 2.75) is 46.5 Å². The molecule has 4 rings (SSSR count). The van der Waals surface area contributed by atoms with Crippen molar-refractivity contribution < 1.29 is 14.6 Å². The Morgan fingerprint density at radius 1 is 0.686 bits per heavy atom. The Bertz CT molecular complexity index is 1170. The summed E-state index contributed by atoms with van der Waals surface area (Å²) in [4.78, 5) is 0. The van der Waals surface area contributed by atoms with Gasteiger partial charge in [0.2, 0.25) is 0 Å². The zero-order valence-electron chi connectivity index (χ0n) is 20.6. The molecular weight excluding hydrogens is 500 g/mol. The van der Waals surface area contributed by atoms with Crippen molar-refractivity contribution in [3.8, 4) is 11.5 Å². The maximum atomic E-state index is 9.55. The van der Waals surface area contributed by atoms with Crippen LogP contribution in [0.3, 0.4) is 0 Å². The van der Waals surface area contributed by atoms with E-state index in [0.29, 0.717) is 19.6 Å². The van der Waals surface area contributed by atoms with Crippen LogP contribution in [0.2, 0.25) is 0 Å². The molecule has 0 radical (unpaired) electrons. The summed E-state index contributed by atoms with van der Waals surface area (Å²) in [5.74, 6) is 1.74. The summed E-state index contributed by atoms with van der Waals surface area (Å²) in [5, 5.41) is 9.55. The first-order valence-electron chi connectivity index (χ1n) is 11.8. The van der Waals surface area contributed by atoms with Crippen LogP contribution in [-0.2, 0) is 19.6 Å². The number of halogens is 1. The molecule has 0 aliphatic rings. The Morgan fingerprint density at radius 2 is 1.17 bits per heavy atom. The monoisotopic (exact) mass is 532 g/mol. The predicted molar refractivity (Wildman–Crippen MR) is 147 cm³/mol. The zero-order valence-corrected chi connectivity index (χ0v) is 22.2. The Morgan fingerprint density at radius 3 is 1.69 bits per heavy atom. The SMILES string of the molecule is Cc1ccc(OCc2ccccc2)c(Br)c1.Cc1ccc(OCc2ccccc2)c(C[C@@H](C)O)c1. The van der Waals surface area contributed by atoms with Crippen LogP contribution in [0.5, 0.6) is 11.5 Å². The van der Waals surface area contributed by atoms with E-state index in [2.05, 4.69) is 47.1 Å². The lowest BCUT2D eigenvalue weighted by molar-refractivity contribution is 0.193. The van der Waals surface area contributed by atoms with Crippen molar-refractivity contribution in [2.75, 3.05) is 0 Å². The molecule has 0 saturated carbocycles. The van der Waals surface area contributed by atoms with Gasteiger partial charge in [-0.2, -0.15) is 0 Å². The van der Waals surface area contributed by atoms with Gasteiger partial charge in [0.25, 0.3) is 0 Å². The van der Waals surface area contributed by atoms with E-state index in [9.17, 15) is 5.11 Å². The van der Waals surface area contributed by atoms with Crippen molar-refractivity contribution in [3.05, 3.63) is 129 Å². The minimum atomic E-state index is -0.360. The van der Waals surface area contributed by atoms with Crippen molar-refractivity contribution in [1.82, 2.24) is 0 Å². The minimum Gasteiger partial charge on any atom is -0.489 e. The number of aliphatic hydroxyl groups is 1. The van der Waals surface area contributed by atoms with E-state index in [-0.39, 0.29) is 6.10 Å². The zero-order chi connectivity index (χ0) is 25.0. The first-order chi connectivity index (χ1) is 16.9. The molecule has 0 aromatic heterocycles. The molecule has 0 heterocycles. The average Bonchev–Trinajstić information content (AvgIpc) is 2.84. The van der Waals surface area contributed by atoms with Gasteiger partial charge in [0, 0.05) is 6.42 Å². The van der Waals surface area contributed by atoms with Crippen LogP contribution in [0.4, 0.5) is 0 Å². The molecule has 4 heteroatoms. The second-order valence-electron chi connectivity index (χ2n) is 8.65. The molecule has 0 fully saturated rings. The van der Waals surface area contributed by atoms with Crippen molar-refractivity contribution in [3.63, 3.8) is 0 Å². The summed E-state index contributed by atoms with van der Waals surface area (Å²) in [5.41, 5.74) is 5.79. The largest absolute Gasteiger partial charge is 0.489 e. The molecule has 4 aromatic rings. The Kier molecular flexibility index (Phi) is 10.4. The van der Waals surface area contributed by atoms with Gasteiger partial charge >= 0.3 is 0 Å². The molecule has 0 unspecified atom stereocenters. The lowest BCUT2D eigenvalue weighted by Crippen LogP contribution is -2.07. The maximum absolute atomic E-state index is 9.55. The van der Waals surface area contributed by atoms with E-state index < -0.39 is 0 Å². The van der Waals surface area contributed by atoms with Gasteiger partial charge in [0.05, 0.1) is 10.6 Å². The number of aliphatic hydroxyl groups excluding tert-OH is 1. The fourth-order valence-electron chi connectivity index (χ4n) is 3.52. The highest BCUT2D eigenvalue weighted by Crippen LogP contribution is 2.26. The van der Waals surface area contributed by atoms with Crippen LogP contribution in [0.25, 0.3) is 0 Å². The summed E-state index contributed by atoms with van der Waals surface area (Å²) in [6.07, 6.45) is 0.257. The number of ether oxygens (including phenoxy) is 2. The van der Waals surface area contributed by atoms with Gasteiger partial charge in [-0.15, -0.1) is 0 Å². The van der Waals surface area contributed by atoms with Crippen molar-refractivity contribution in [1.29, 1.82) is 0 Å². The Balaban J connectivity index is 0.000000198. The molecule has 1 N–H and O–H groups in total. The lowest BCUT2D eigenvalue weighted by atomic mass is 10.0. The number of benzene rings is 4. The standard InChI is InChI=1S/C17H20O2.C14H13BrO/c1-13-8-9-17(16(10-13)11-14(2)18)19-12-15-6-4-3-5-7-15;1-11-7-8-14(13(15)9-11)16-10-12-5-3-2-4-6-12/h3-10,14,18H,11-12H2,1-2H3;2-9H,10H2,1H3/t14-;/m1./s1. The molecule has 182 valence electrons. The minimum absolute atomic E-state index is 0.360. The quantitative estimate of drug-likeness (QED) is 0.251. The summed E-state index contributed by atoms with van der Waals surface area (Å²) in [7, 11) is 0. The molecule has 1 atom stereocenters. The van der Waals surface area contributed by atoms with E-state index >= 15 is 0 Å². The van der Waals surface area contributed by atoms with Crippen LogP contribution in [0.1, 0.15) is 34.7 Å². The molecule has 0 aliphatic heterocycles. The second kappa shape index (κ2) is 13.7. The van der Waals surface area contributed by atoms with Crippen molar-refractivity contribution >= 4 is 15.9 Å². The van der Waals surface area contributed by atoms with Gasteiger partial charge in [-0.25, -0.2) is 0 Å². The number of rotatable bonds is 8. The number of aryl methyl sites for hydroxylation is 2. The van der Waals surface area contributed by atoms with E-state index in [1.165, 1.54) is 16.7 Å². The van der Waals surface area contributed by atoms with Gasteiger partial charge in [-0.05, 0) is 77.2 Å². The summed E-state index contributed by atoms with van der Waals surface area (Å²) in [6, 6.07) is 32.4. The molecule has 35 heavy (non-hydrogen) atoms. The fraction of sp³-hybridized carbons (Fsp3) is 0.226.